The molecule has 164 valence electrons. The summed E-state index contributed by atoms with van der Waals surface area (Å²) in [5, 5.41) is 2.86. The molecule has 3 heterocycles. The molecule has 1 aliphatic rings. The largest absolute Gasteiger partial charge is 0.467 e. The van der Waals surface area contributed by atoms with Gasteiger partial charge in [-0.3, -0.25) is 4.79 Å². The molecule has 0 spiro atoms. The molecule has 1 saturated heterocycles. The summed E-state index contributed by atoms with van der Waals surface area (Å²) in [6, 6.07) is 10.3. The van der Waals surface area contributed by atoms with Crippen molar-refractivity contribution in [2.45, 2.75) is 56.1 Å². The lowest BCUT2D eigenvalue weighted by molar-refractivity contribution is -0.124. The van der Waals surface area contributed by atoms with Crippen LogP contribution >= 0.6 is 0 Å². The van der Waals surface area contributed by atoms with Gasteiger partial charge in [0.15, 0.2) is 0 Å². The van der Waals surface area contributed by atoms with Gasteiger partial charge < -0.3 is 19.0 Å². The number of benzene rings is 1. The lowest BCUT2D eigenvalue weighted by Crippen LogP contribution is -2.29. The van der Waals surface area contributed by atoms with Crippen molar-refractivity contribution in [3.8, 4) is 0 Å². The standard InChI is InChI=1S/C23H26N2O5S/c1-15-8-10-19(11-9-15)31(27,28)21-16(2)17(3)25(14-18-6-4-12-29-18)22(21)24-23(26)20-7-5-13-30-20/h4,6,8-12,20H,5,7,13-14H2,1-3H3,(H,24,26). The number of hydrogen-bond donors (Lipinski definition) is 1. The predicted octanol–water partition coefficient (Wildman–Crippen LogP) is 4.00. The SMILES string of the molecule is Cc1ccc(S(=O)(=O)c2c(C)c(C)n(Cc3ccco3)c2NC(=O)C2CCCO2)cc1. The number of amides is 1. The zero-order valence-corrected chi connectivity index (χ0v) is 18.7. The van der Waals surface area contributed by atoms with Crippen LogP contribution in [0.5, 0.6) is 0 Å². The van der Waals surface area contributed by atoms with Crippen LogP contribution in [0.4, 0.5) is 5.82 Å². The molecule has 8 heteroatoms. The van der Waals surface area contributed by atoms with Gasteiger partial charge in [0.25, 0.3) is 5.91 Å². The monoisotopic (exact) mass is 442 g/mol. The summed E-state index contributed by atoms with van der Waals surface area (Å²) in [6.45, 7) is 6.33. The average molecular weight is 443 g/mol. The molecule has 1 unspecified atom stereocenters. The van der Waals surface area contributed by atoms with Crippen molar-refractivity contribution in [3.63, 3.8) is 0 Å². The van der Waals surface area contributed by atoms with Gasteiger partial charge in [-0.15, -0.1) is 0 Å². The van der Waals surface area contributed by atoms with Crippen LogP contribution in [0.15, 0.2) is 56.9 Å². The van der Waals surface area contributed by atoms with Crippen molar-refractivity contribution in [2.75, 3.05) is 11.9 Å². The molecule has 2 aromatic heterocycles. The van der Waals surface area contributed by atoms with Crippen LogP contribution in [0.2, 0.25) is 0 Å². The first-order valence-corrected chi connectivity index (χ1v) is 11.7. The van der Waals surface area contributed by atoms with Crippen molar-refractivity contribution < 1.29 is 22.4 Å². The van der Waals surface area contributed by atoms with Gasteiger partial charge in [-0.25, -0.2) is 8.42 Å². The number of hydrogen-bond acceptors (Lipinski definition) is 5. The van der Waals surface area contributed by atoms with Gasteiger partial charge in [0.05, 0.1) is 17.7 Å². The maximum absolute atomic E-state index is 13.6. The van der Waals surface area contributed by atoms with E-state index in [1.807, 2.05) is 19.9 Å². The van der Waals surface area contributed by atoms with E-state index in [2.05, 4.69) is 5.32 Å². The number of carbonyl (C=O) groups is 1. The Kier molecular flexibility index (Phi) is 5.77. The highest BCUT2D eigenvalue weighted by molar-refractivity contribution is 7.91. The topological polar surface area (TPSA) is 90.5 Å². The summed E-state index contributed by atoms with van der Waals surface area (Å²) < 4.78 is 40.0. The molecule has 7 nitrogen and oxygen atoms in total. The maximum atomic E-state index is 13.6. The van der Waals surface area contributed by atoms with Crippen molar-refractivity contribution in [3.05, 3.63) is 65.2 Å². The third-order valence-corrected chi connectivity index (χ3v) is 7.66. The molecule has 1 fully saturated rings. The predicted molar refractivity (Wildman–Crippen MR) is 116 cm³/mol. The molecule has 0 aliphatic carbocycles. The van der Waals surface area contributed by atoms with Crippen LogP contribution < -0.4 is 5.32 Å². The number of ether oxygens (including phenoxy) is 1. The number of sulfone groups is 1. The molecule has 0 radical (unpaired) electrons. The second kappa shape index (κ2) is 8.36. The van der Waals surface area contributed by atoms with Gasteiger partial charge in [-0.2, -0.15) is 0 Å². The van der Waals surface area contributed by atoms with Crippen LogP contribution in [0.25, 0.3) is 0 Å². The maximum Gasteiger partial charge on any atom is 0.254 e. The van der Waals surface area contributed by atoms with Crippen molar-refractivity contribution in [1.29, 1.82) is 0 Å². The summed E-state index contributed by atoms with van der Waals surface area (Å²) in [4.78, 5) is 13.2. The summed E-state index contributed by atoms with van der Waals surface area (Å²) in [7, 11) is -3.87. The van der Waals surface area contributed by atoms with Crippen LogP contribution in [0, 0.1) is 20.8 Å². The summed E-state index contributed by atoms with van der Waals surface area (Å²) >= 11 is 0. The molecule has 1 aliphatic heterocycles. The third-order valence-electron chi connectivity index (χ3n) is 5.73. The fraction of sp³-hybridized carbons (Fsp3) is 0.348. The van der Waals surface area contributed by atoms with E-state index in [-0.39, 0.29) is 21.5 Å². The number of aromatic nitrogens is 1. The summed E-state index contributed by atoms with van der Waals surface area (Å²) in [6.07, 6.45) is 2.40. The highest BCUT2D eigenvalue weighted by atomic mass is 32.2. The normalized spacial score (nSPS) is 16.5. The number of anilines is 1. The van der Waals surface area contributed by atoms with Gasteiger partial charge in [0.1, 0.15) is 22.6 Å². The second-order valence-corrected chi connectivity index (χ2v) is 9.75. The number of nitrogens with zero attached hydrogens (tertiary/aromatic N) is 1. The fourth-order valence-electron chi connectivity index (χ4n) is 3.86. The Balaban J connectivity index is 1.84. The van der Waals surface area contributed by atoms with E-state index < -0.39 is 15.9 Å². The van der Waals surface area contributed by atoms with Crippen molar-refractivity contribution in [1.82, 2.24) is 4.57 Å². The Morgan fingerprint density at radius 1 is 1.16 bits per heavy atom. The van der Waals surface area contributed by atoms with E-state index in [4.69, 9.17) is 9.15 Å². The zero-order chi connectivity index (χ0) is 22.2. The number of carbonyl (C=O) groups excluding carboxylic acids is 1. The first-order valence-electron chi connectivity index (χ1n) is 10.3. The molecule has 4 rings (SSSR count). The summed E-state index contributed by atoms with van der Waals surface area (Å²) in [5.74, 6) is 0.563. The molecule has 1 amide bonds. The first-order chi connectivity index (χ1) is 14.8. The molecule has 31 heavy (non-hydrogen) atoms. The lowest BCUT2D eigenvalue weighted by atomic mass is 10.2. The fourth-order valence-corrected chi connectivity index (χ4v) is 5.56. The Hall–Kier alpha value is -2.84. The molecule has 0 saturated carbocycles. The van der Waals surface area contributed by atoms with Crippen molar-refractivity contribution >= 4 is 21.6 Å². The van der Waals surface area contributed by atoms with Gasteiger partial charge in [0, 0.05) is 12.3 Å². The van der Waals surface area contributed by atoms with E-state index in [9.17, 15) is 13.2 Å². The van der Waals surface area contributed by atoms with Crippen LogP contribution in [-0.4, -0.2) is 31.6 Å². The Labute approximate surface area is 181 Å². The first kappa shape index (κ1) is 21.4. The third kappa shape index (κ3) is 4.05. The summed E-state index contributed by atoms with van der Waals surface area (Å²) in [5.41, 5.74) is 2.30. The smallest absolute Gasteiger partial charge is 0.254 e. The van der Waals surface area contributed by atoms with E-state index in [0.717, 1.165) is 17.7 Å². The number of aryl methyl sites for hydroxylation is 1. The minimum absolute atomic E-state index is 0.103. The average Bonchev–Trinajstić information content (AvgIpc) is 3.48. The van der Waals surface area contributed by atoms with Gasteiger partial charge in [-0.05, 0) is 63.4 Å². The number of rotatable bonds is 6. The van der Waals surface area contributed by atoms with Crippen LogP contribution in [0.1, 0.15) is 35.4 Å². The molecule has 1 aromatic carbocycles. The van der Waals surface area contributed by atoms with Gasteiger partial charge in [0.2, 0.25) is 9.84 Å². The molecule has 3 aromatic rings. The van der Waals surface area contributed by atoms with E-state index in [0.29, 0.717) is 30.9 Å². The number of nitrogens with one attached hydrogen (secondary N) is 1. The zero-order valence-electron chi connectivity index (χ0n) is 17.8. The highest BCUT2D eigenvalue weighted by Gasteiger charge is 2.33. The van der Waals surface area contributed by atoms with E-state index in [1.54, 1.807) is 48.1 Å². The molecular weight excluding hydrogens is 416 g/mol. The lowest BCUT2D eigenvalue weighted by Gasteiger charge is -2.16. The minimum atomic E-state index is -3.87. The van der Waals surface area contributed by atoms with Gasteiger partial charge >= 0.3 is 0 Å². The molecule has 1 N–H and O–H groups in total. The van der Waals surface area contributed by atoms with E-state index >= 15 is 0 Å². The molecule has 0 bridgehead atoms. The Morgan fingerprint density at radius 3 is 2.52 bits per heavy atom. The highest BCUT2D eigenvalue weighted by Crippen LogP contribution is 2.36. The minimum Gasteiger partial charge on any atom is -0.467 e. The second-order valence-electron chi connectivity index (χ2n) is 7.86. The Morgan fingerprint density at radius 2 is 1.90 bits per heavy atom. The van der Waals surface area contributed by atoms with Gasteiger partial charge in [-0.1, -0.05) is 17.7 Å². The van der Waals surface area contributed by atoms with Crippen molar-refractivity contribution in [2.24, 2.45) is 0 Å². The quantitative estimate of drug-likeness (QED) is 0.623. The van der Waals surface area contributed by atoms with Crippen LogP contribution in [-0.2, 0) is 25.9 Å². The molecule has 1 atom stereocenters. The molecular formula is C23H26N2O5S. The van der Waals surface area contributed by atoms with E-state index in [1.165, 1.54) is 0 Å². The Bertz CT molecular complexity index is 1190. The number of furan rings is 1. The van der Waals surface area contributed by atoms with Crippen LogP contribution in [0.3, 0.4) is 0 Å².